The number of nitriles is 1. The quantitative estimate of drug-likeness (QED) is 0.742. The van der Waals surface area contributed by atoms with Crippen molar-refractivity contribution in [2.45, 2.75) is 52.4 Å². The minimum Gasteiger partial charge on any atom is -0.332 e. The van der Waals surface area contributed by atoms with Gasteiger partial charge < -0.3 is 4.90 Å². The van der Waals surface area contributed by atoms with Crippen molar-refractivity contribution in [3.8, 4) is 6.07 Å². The van der Waals surface area contributed by atoms with E-state index in [9.17, 15) is 4.79 Å². The van der Waals surface area contributed by atoms with Crippen molar-refractivity contribution < 1.29 is 4.79 Å². The molecule has 0 aromatic rings. The van der Waals surface area contributed by atoms with Gasteiger partial charge in [-0.3, -0.25) is 4.79 Å². The summed E-state index contributed by atoms with van der Waals surface area (Å²) in [5.41, 5.74) is 0.257. The molecule has 4 aliphatic rings. The summed E-state index contributed by atoms with van der Waals surface area (Å²) in [6.07, 6.45) is 7.22. The lowest BCUT2D eigenvalue weighted by atomic mass is 9.42. The molecule has 0 aromatic carbocycles. The SMILES string of the molecule is CC(C)C12C[C@@H]3C[C@@H](CC(C(=O)N(C)CC#N)(C3)C1)C2. The molecule has 4 aliphatic carbocycles. The van der Waals surface area contributed by atoms with E-state index in [1.807, 2.05) is 0 Å². The van der Waals surface area contributed by atoms with Gasteiger partial charge in [-0.25, -0.2) is 0 Å². The molecule has 4 saturated carbocycles. The predicted molar refractivity (Wildman–Crippen MR) is 77.6 cm³/mol. The van der Waals surface area contributed by atoms with Gasteiger partial charge in [0.25, 0.3) is 0 Å². The van der Waals surface area contributed by atoms with Gasteiger partial charge in [0, 0.05) is 7.05 Å². The highest BCUT2D eigenvalue weighted by Crippen LogP contribution is 2.67. The van der Waals surface area contributed by atoms with Crippen LogP contribution in [0.4, 0.5) is 0 Å². The van der Waals surface area contributed by atoms with Crippen LogP contribution in [-0.4, -0.2) is 24.4 Å². The molecule has 0 heterocycles. The van der Waals surface area contributed by atoms with E-state index in [0.29, 0.717) is 11.3 Å². The number of amides is 1. The number of rotatable bonds is 3. The molecule has 20 heavy (non-hydrogen) atoms. The zero-order valence-corrected chi connectivity index (χ0v) is 13.0. The highest BCUT2D eigenvalue weighted by atomic mass is 16.2. The Bertz CT molecular complexity index is 448. The van der Waals surface area contributed by atoms with Crippen LogP contribution in [0.3, 0.4) is 0 Å². The highest BCUT2D eigenvalue weighted by Gasteiger charge is 2.61. The van der Waals surface area contributed by atoms with Gasteiger partial charge in [-0.05, 0) is 61.7 Å². The topological polar surface area (TPSA) is 44.1 Å². The summed E-state index contributed by atoms with van der Waals surface area (Å²) in [7, 11) is 1.80. The lowest BCUT2D eigenvalue weighted by Crippen LogP contribution is -2.59. The molecule has 4 atom stereocenters. The van der Waals surface area contributed by atoms with Gasteiger partial charge in [0.1, 0.15) is 6.54 Å². The molecule has 110 valence electrons. The molecule has 3 nitrogen and oxygen atoms in total. The normalized spacial score (nSPS) is 41.8. The van der Waals surface area contributed by atoms with E-state index in [4.69, 9.17) is 5.26 Å². The molecule has 0 spiro atoms. The zero-order chi connectivity index (χ0) is 14.5. The summed E-state index contributed by atoms with van der Waals surface area (Å²) in [5.74, 6) is 2.41. The van der Waals surface area contributed by atoms with Crippen LogP contribution < -0.4 is 0 Å². The molecular weight excluding hydrogens is 248 g/mol. The third kappa shape index (κ3) is 1.88. The molecule has 0 radical (unpaired) electrons. The minimum atomic E-state index is -0.139. The molecule has 4 fully saturated rings. The van der Waals surface area contributed by atoms with Crippen LogP contribution >= 0.6 is 0 Å². The zero-order valence-electron chi connectivity index (χ0n) is 13.0. The Morgan fingerprint density at radius 2 is 1.90 bits per heavy atom. The van der Waals surface area contributed by atoms with Crippen LogP contribution in [0.1, 0.15) is 52.4 Å². The second kappa shape index (κ2) is 4.48. The Morgan fingerprint density at radius 3 is 2.40 bits per heavy atom. The van der Waals surface area contributed by atoms with Crippen molar-refractivity contribution in [3.05, 3.63) is 0 Å². The third-order valence-corrected chi connectivity index (χ3v) is 6.44. The average Bonchev–Trinajstić information content (AvgIpc) is 2.36. The maximum Gasteiger partial charge on any atom is 0.229 e. The second-order valence-corrected chi connectivity index (χ2v) is 8.08. The highest BCUT2D eigenvalue weighted by molar-refractivity contribution is 5.83. The van der Waals surface area contributed by atoms with E-state index < -0.39 is 0 Å². The number of hydrogen-bond donors (Lipinski definition) is 0. The first-order valence-corrected chi connectivity index (χ1v) is 8.03. The average molecular weight is 274 g/mol. The van der Waals surface area contributed by atoms with Gasteiger partial charge in [-0.2, -0.15) is 5.26 Å². The fraction of sp³-hybridized carbons (Fsp3) is 0.882. The molecule has 4 bridgehead atoms. The summed E-state index contributed by atoms with van der Waals surface area (Å²) in [4.78, 5) is 14.6. The standard InChI is InChI=1S/C17H26N2O/c1-12(2)16-7-13-6-14(8-16)10-17(9-13,11-16)15(20)19(3)5-4-18/h12-14H,5-11H2,1-3H3/t13-,14+,16?,17?. The van der Waals surface area contributed by atoms with E-state index in [1.54, 1.807) is 11.9 Å². The van der Waals surface area contributed by atoms with Crippen LogP contribution in [0.2, 0.25) is 0 Å². The Balaban J connectivity index is 1.91. The van der Waals surface area contributed by atoms with Gasteiger partial charge in [-0.1, -0.05) is 13.8 Å². The first-order valence-electron chi connectivity index (χ1n) is 8.03. The molecule has 3 heteroatoms. The predicted octanol–water partition coefficient (Wildman–Crippen LogP) is 3.21. The van der Waals surface area contributed by atoms with Crippen LogP contribution in [0, 0.1) is 39.9 Å². The summed E-state index contributed by atoms with van der Waals surface area (Å²) < 4.78 is 0. The molecule has 4 rings (SSSR count). The Morgan fingerprint density at radius 1 is 1.30 bits per heavy atom. The lowest BCUT2D eigenvalue weighted by molar-refractivity contribution is -0.171. The van der Waals surface area contributed by atoms with E-state index >= 15 is 0 Å². The molecule has 2 unspecified atom stereocenters. The van der Waals surface area contributed by atoms with Crippen molar-refractivity contribution in [1.82, 2.24) is 4.90 Å². The summed E-state index contributed by atoms with van der Waals surface area (Å²) >= 11 is 0. The Labute approximate surface area is 122 Å². The second-order valence-electron chi connectivity index (χ2n) is 8.08. The van der Waals surface area contributed by atoms with Crippen LogP contribution in [0.15, 0.2) is 0 Å². The van der Waals surface area contributed by atoms with Crippen molar-refractivity contribution in [2.75, 3.05) is 13.6 Å². The number of nitrogens with zero attached hydrogens (tertiary/aromatic N) is 2. The van der Waals surface area contributed by atoms with E-state index in [2.05, 4.69) is 19.9 Å². The van der Waals surface area contributed by atoms with Crippen LogP contribution in [-0.2, 0) is 4.79 Å². The molecule has 0 saturated heterocycles. The fourth-order valence-electron chi connectivity index (χ4n) is 5.84. The van der Waals surface area contributed by atoms with Gasteiger partial charge in [0.05, 0.1) is 11.5 Å². The maximum atomic E-state index is 12.9. The molecule has 1 amide bonds. The minimum absolute atomic E-state index is 0.139. The van der Waals surface area contributed by atoms with E-state index in [1.165, 1.54) is 19.3 Å². The van der Waals surface area contributed by atoms with Crippen molar-refractivity contribution in [3.63, 3.8) is 0 Å². The summed E-state index contributed by atoms with van der Waals surface area (Å²) in [5, 5.41) is 8.86. The Kier molecular flexibility index (Phi) is 3.12. The molecular formula is C17H26N2O. The van der Waals surface area contributed by atoms with Crippen molar-refractivity contribution >= 4 is 5.91 Å². The van der Waals surface area contributed by atoms with E-state index in [-0.39, 0.29) is 17.9 Å². The van der Waals surface area contributed by atoms with Gasteiger partial charge in [0.2, 0.25) is 5.91 Å². The largest absolute Gasteiger partial charge is 0.332 e. The number of carbonyl (C=O) groups excluding carboxylic acids is 1. The van der Waals surface area contributed by atoms with E-state index in [0.717, 1.165) is 31.1 Å². The third-order valence-electron chi connectivity index (χ3n) is 6.44. The van der Waals surface area contributed by atoms with Gasteiger partial charge in [0.15, 0.2) is 0 Å². The van der Waals surface area contributed by atoms with Gasteiger partial charge >= 0.3 is 0 Å². The number of hydrogen-bond acceptors (Lipinski definition) is 2. The molecule has 0 aromatic heterocycles. The lowest BCUT2D eigenvalue weighted by Gasteiger charge is -2.63. The smallest absolute Gasteiger partial charge is 0.229 e. The van der Waals surface area contributed by atoms with Crippen LogP contribution in [0.5, 0.6) is 0 Å². The fourth-order valence-corrected chi connectivity index (χ4v) is 5.84. The first kappa shape index (κ1) is 13.9. The van der Waals surface area contributed by atoms with Crippen molar-refractivity contribution in [2.24, 2.45) is 28.6 Å². The van der Waals surface area contributed by atoms with Crippen molar-refractivity contribution in [1.29, 1.82) is 5.26 Å². The Hall–Kier alpha value is -1.04. The monoisotopic (exact) mass is 274 g/mol. The van der Waals surface area contributed by atoms with Crippen LogP contribution in [0.25, 0.3) is 0 Å². The first-order chi connectivity index (χ1) is 9.41. The summed E-state index contributed by atoms with van der Waals surface area (Å²) in [6.45, 7) is 4.90. The van der Waals surface area contributed by atoms with Gasteiger partial charge in [-0.15, -0.1) is 0 Å². The summed E-state index contributed by atoms with van der Waals surface area (Å²) in [6, 6.07) is 2.12. The maximum absolute atomic E-state index is 12.9. The number of carbonyl (C=O) groups is 1. The molecule has 0 aliphatic heterocycles. The molecule has 0 N–H and O–H groups in total.